The molecule has 1 amide bonds. The summed E-state index contributed by atoms with van der Waals surface area (Å²) in [6.07, 6.45) is 3.96. The number of methoxy groups -OCH3 is 1. The molecule has 0 unspecified atom stereocenters. The normalized spacial score (nSPS) is 16.4. The summed E-state index contributed by atoms with van der Waals surface area (Å²) in [5.74, 6) is -0.439. The Labute approximate surface area is 160 Å². The van der Waals surface area contributed by atoms with Gasteiger partial charge in [-0.3, -0.25) is 9.88 Å². The molecule has 0 saturated carbocycles. The average molecular weight is 383 g/mol. The van der Waals surface area contributed by atoms with Crippen LogP contribution in [0.3, 0.4) is 0 Å². The first-order valence-corrected chi connectivity index (χ1v) is 8.70. The first-order chi connectivity index (χ1) is 13.6. The number of ether oxygens (including phenoxy) is 2. The maximum Gasteiger partial charge on any atom is 0.414 e. The highest BCUT2D eigenvalue weighted by molar-refractivity contribution is 5.90. The van der Waals surface area contributed by atoms with E-state index in [0.717, 1.165) is 5.69 Å². The van der Waals surface area contributed by atoms with Gasteiger partial charge in [-0.05, 0) is 24.3 Å². The minimum absolute atomic E-state index is 0.310. The largest absolute Gasteiger partial charge is 0.442 e. The molecule has 1 saturated heterocycles. The monoisotopic (exact) mass is 383 g/mol. The smallest absolute Gasteiger partial charge is 0.414 e. The van der Waals surface area contributed by atoms with Crippen molar-refractivity contribution in [2.75, 3.05) is 18.6 Å². The van der Waals surface area contributed by atoms with Crippen molar-refractivity contribution in [2.24, 2.45) is 0 Å². The van der Waals surface area contributed by atoms with Gasteiger partial charge >= 0.3 is 6.09 Å². The molecule has 28 heavy (non-hydrogen) atoms. The molecule has 8 nitrogen and oxygen atoms in total. The lowest BCUT2D eigenvalue weighted by atomic mass is 10.1. The van der Waals surface area contributed by atoms with Crippen molar-refractivity contribution in [1.82, 2.24) is 20.0 Å². The molecule has 1 aromatic carbocycles. The molecule has 9 heteroatoms. The number of cyclic esters (lactones) is 1. The molecule has 4 rings (SSSR count). The number of halogens is 1. The summed E-state index contributed by atoms with van der Waals surface area (Å²) in [6, 6.07) is 8.24. The number of amides is 1. The van der Waals surface area contributed by atoms with Gasteiger partial charge in [0.05, 0.1) is 37.3 Å². The third kappa shape index (κ3) is 3.70. The Balaban J connectivity index is 1.50. The highest BCUT2D eigenvalue weighted by atomic mass is 19.1. The topological polar surface area (TPSA) is 82.4 Å². The molecule has 0 N–H and O–H groups in total. The molecule has 3 aromatic rings. The Morgan fingerprint density at radius 3 is 2.89 bits per heavy atom. The van der Waals surface area contributed by atoms with Gasteiger partial charge in [0.25, 0.3) is 0 Å². The van der Waals surface area contributed by atoms with Crippen molar-refractivity contribution >= 4 is 11.8 Å². The number of carbonyl (C=O) groups excluding carboxylic acids is 1. The Morgan fingerprint density at radius 1 is 1.32 bits per heavy atom. The van der Waals surface area contributed by atoms with Crippen molar-refractivity contribution in [3.63, 3.8) is 0 Å². The molecule has 0 aliphatic carbocycles. The second kappa shape index (κ2) is 7.73. The number of benzene rings is 1. The summed E-state index contributed by atoms with van der Waals surface area (Å²) < 4.78 is 26.7. The highest BCUT2D eigenvalue weighted by Crippen LogP contribution is 2.29. The second-order valence-electron chi connectivity index (χ2n) is 6.38. The molecule has 1 fully saturated rings. The van der Waals surface area contributed by atoms with E-state index < -0.39 is 11.9 Å². The van der Waals surface area contributed by atoms with Crippen molar-refractivity contribution in [2.45, 2.75) is 19.3 Å². The van der Waals surface area contributed by atoms with Gasteiger partial charge in [-0.25, -0.2) is 13.9 Å². The SMILES string of the molecule is COCc1ccc(-c2ccc(N3C[C@H](Cn4ccnn4)OC3=O)cc2F)cn1. The number of hydrogen-bond acceptors (Lipinski definition) is 6. The third-order valence-corrected chi connectivity index (χ3v) is 4.43. The summed E-state index contributed by atoms with van der Waals surface area (Å²) in [5.41, 5.74) is 2.27. The van der Waals surface area contributed by atoms with Crippen LogP contribution in [-0.2, 0) is 22.6 Å². The molecular weight excluding hydrogens is 365 g/mol. The summed E-state index contributed by atoms with van der Waals surface area (Å²) in [4.78, 5) is 17.9. The molecule has 0 bridgehead atoms. The van der Waals surface area contributed by atoms with Crippen molar-refractivity contribution in [1.29, 1.82) is 0 Å². The van der Waals surface area contributed by atoms with Crippen molar-refractivity contribution in [3.8, 4) is 11.1 Å². The van der Waals surface area contributed by atoms with Gasteiger partial charge < -0.3 is 9.47 Å². The van der Waals surface area contributed by atoms with Crippen LogP contribution in [0.15, 0.2) is 48.9 Å². The van der Waals surface area contributed by atoms with Crippen LogP contribution in [-0.4, -0.2) is 45.8 Å². The van der Waals surface area contributed by atoms with Crippen molar-refractivity contribution in [3.05, 3.63) is 60.4 Å². The molecule has 1 aliphatic heterocycles. The van der Waals surface area contributed by atoms with Gasteiger partial charge in [0.2, 0.25) is 0 Å². The lowest BCUT2D eigenvalue weighted by Crippen LogP contribution is -2.26. The fourth-order valence-electron chi connectivity index (χ4n) is 3.09. The van der Waals surface area contributed by atoms with Crippen LogP contribution in [0.1, 0.15) is 5.69 Å². The fourth-order valence-corrected chi connectivity index (χ4v) is 3.09. The van der Waals surface area contributed by atoms with E-state index in [4.69, 9.17) is 9.47 Å². The van der Waals surface area contributed by atoms with Crippen LogP contribution in [0.2, 0.25) is 0 Å². The van der Waals surface area contributed by atoms with E-state index in [1.54, 1.807) is 54.6 Å². The Kier molecular flexibility index (Phi) is 4.98. The minimum atomic E-state index is -0.511. The summed E-state index contributed by atoms with van der Waals surface area (Å²) in [6.45, 7) is 1.10. The molecule has 0 radical (unpaired) electrons. The van der Waals surface area contributed by atoms with Crippen LogP contribution < -0.4 is 4.90 Å². The third-order valence-electron chi connectivity index (χ3n) is 4.43. The van der Waals surface area contributed by atoms with Crippen LogP contribution in [0.5, 0.6) is 0 Å². The number of aromatic nitrogens is 4. The van der Waals surface area contributed by atoms with Gasteiger partial charge in [0, 0.05) is 30.6 Å². The fraction of sp³-hybridized carbons (Fsp3) is 0.263. The zero-order valence-electron chi connectivity index (χ0n) is 15.2. The van der Waals surface area contributed by atoms with Crippen LogP contribution >= 0.6 is 0 Å². The highest BCUT2D eigenvalue weighted by Gasteiger charge is 2.33. The van der Waals surface area contributed by atoms with E-state index in [2.05, 4.69) is 15.3 Å². The minimum Gasteiger partial charge on any atom is -0.442 e. The first kappa shape index (κ1) is 18.1. The van der Waals surface area contributed by atoms with Crippen LogP contribution in [0, 0.1) is 5.82 Å². The molecular formula is C19H18FN5O3. The Bertz CT molecular complexity index is 962. The second-order valence-corrected chi connectivity index (χ2v) is 6.38. The Hall–Kier alpha value is -3.33. The predicted octanol–water partition coefficient (Wildman–Crippen LogP) is 2.65. The lowest BCUT2D eigenvalue weighted by Gasteiger charge is -2.14. The average Bonchev–Trinajstić information content (AvgIpc) is 3.32. The van der Waals surface area contributed by atoms with E-state index >= 15 is 0 Å². The zero-order chi connectivity index (χ0) is 19.5. The molecule has 144 valence electrons. The standard InChI is InChI=1S/C19H18FN5O3/c1-27-12-14-3-2-13(9-21-14)17-5-4-15(8-18(17)20)25-11-16(28-19(25)26)10-24-7-6-22-23-24/h2-9,16H,10-12H2,1H3/t16-/m0/s1. The maximum absolute atomic E-state index is 14.7. The first-order valence-electron chi connectivity index (χ1n) is 8.70. The van der Waals surface area contributed by atoms with E-state index in [1.165, 1.54) is 11.0 Å². The summed E-state index contributed by atoms with van der Waals surface area (Å²) in [5, 5.41) is 7.59. The van der Waals surface area contributed by atoms with Crippen LogP contribution in [0.4, 0.5) is 14.9 Å². The molecule has 1 aliphatic rings. The molecule has 3 heterocycles. The number of carbonyl (C=O) groups is 1. The molecule has 0 spiro atoms. The van der Waals surface area contributed by atoms with Gasteiger partial charge in [-0.1, -0.05) is 11.3 Å². The van der Waals surface area contributed by atoms with Crippen molar-refractivity contribution < 1.29 is 18.7 Å². The van der Waals surface area contributed by atoms with Gasteiger partial charge in [0.15, 0.2) is 0 Å². The lowest BCUT2D eigenvalue weighted by molar-refractivity contribution is 0.129. The van der Waals surface area contributed by atoms with E-state index in [1.807, 2.05) is 0 Å². The number of nitrogens with zero attached hydrogens (tertiary/aromatic N) is 5. The maximum atomic E-state index is 14.7. The molecule has 1 atom stereocenters. The summed E-state index contributed by atoms with van der Waals surface area (Å²) in [7, 11) is 1.59. The zero-order valence-corrected chi connectivity index (χ0v) is 15.2. The van der Waals surface area contributed by atoms with E-state index in [-0.39, 0.29) is 6.10 Å². The van der Waals surface area contributed by atoms with Gasteiger partial charge in [-0.15, -0.1) is 5.10 Å². The van der Waals surface area contributed by atoms with Crippen LogP contribution in [0.25, 0.3) is 11.1 Å². The summed E-state index contributed by atoms with van der Waals surface area (Å²) >= 11 is 0. The number of rotatable bonds is 6. The van der Waals surface area contributed by atoms with Gasteiger partial charge in [-0.2, -0.15) is 0 Å². The number of pyridine rings is 1. The number of hydrogen-bond donors (Lipinski definition) is 0. The van der Waals surface area contributed by atoms with Gasteiger partial charge in [0.1, 0.15) is 11.9 Å². The Morgan fingerprint density at radius 2 is 2.21 bits per heavy atom. The molecule has 2 aromatic heterocycles. The van der Waals surface area contributed by atoms with E-state index in [0.29, 0.717) is 36.5 Å². The number of anilines is 1. The predicted molar refractivity (Wildman–Crippen MR) is 98.0 cm³/mol. The van der Waals surface area contributed by atoms with E-state index in [9.17, 15) is 9.18 Å². The quantitative estimate of drug-likeness (QED) is 0.651.